The highest BCUT2D eigenvalue weighted by Gasteiger charge is 2.09. The fraction of sp³-hybridized carbons (Fsp3) is 0.118. The third-order valence-electron chi connectivity index (χ3n) is 3.72. The maximum Gasteiger partial charge on any atom is 0.215 e. The predicted molar refractivity (Wildman–Crippen MR) is 93.6 cm³/mol. The van der Waals surface area contributed by atoms with Gasteiger partial charge in [-0.05, 0) is 35.7 Å². The Kier molecular flexibility index (Phi) is 4.12. The van der Waals surface area contributed by atoms with Gasteiger partial charge in [-0.25, -0.2) is 9.97 Å². The van der Waals surface area contributed by atoms with Crippen molar-refractivity contribution in [3.8, 4) is 5.88 Å². The lowest BCUT2D eigenvalue weighted by molar-refractivity contribution is 0.399. The van der Waals surface area contributed by atoms with Crippen molar-refractivity contribution in [2.24, 2.45) is 0 Å². The Balaban J connectivity index is 0.00000156. The summed E-state index contributed by atoms with van der Waals surface area (Å²) < 4.78 is 5.13. The summed E-state index contributed by atoms with van der Waals surface area (Å²) in [6.07, 6.45) is 6.83. The van der Waals surface area contributed by atoms with Gasteiger partial charge in [-0.15, -0.1) is 12.4 Å². The maximum absolute atomic E-state index is 5.13. The molecule has 0 fully saturated rings. The van der Waals surface area contributed by atoms with Crippen molar-refractivity contribution in [1.82, 2.24) is 15.0 Å². The molecule has 1 aliphatic carbocycles. The smallest absolute Gasteiger partial charge is 0.215 e. The van der Waals surface area contributed by atoms with Crippen LogP contribution in [-0.4, -0.2) is 22.1 Å². The van der Waals surface area contributed by atoms with E-state index in [1.807, 2.05) is 12.1 Å². The minimum atomic E-state index is 0. The first-order chi connectivity index (χ1) is 10.8. The summed E-state index contributed by atoms with van der Waals surface area (Å²) in [7, 11) is 1.59. The van der Waals surface area contributed by atoms with Crippen LogP contribution in [0.5, 0.6) is 5.88 Å². The number of pyridine rings is 1. The number of hydrogen-bond acceptors (Lipinski definition) is 5. The van der Waals surface area contributed by atoms with Crippen LogP contribution in [0.3, 0.4) is 0 Å². The fourth-order valence-corrected chi connectivity index (χ4v) is 2.60. The molecule has 0 bridgehead atoms. The Hall–Kier alpha value is -2.66. The standard InChI is InChI=1S/C17H14N4O.ClH/c1-22-15-8-7-14-16(18-10-19-17(14)21-15)20-13-6-5-11-3-2-4-12(11)9-13;/h2,4-10H,3H2,1H3,(H,18,19,20,21);1H. The number of nitrogens with zero attached hydrogens (tertiary/aromatic N) is 3. The molecule has 6 heteroatoms. The summed E-state index contributed by atoms with van der Waals surface area (Å²) >= 11 is 0. The molecule has 23 heavy (non-hydrogen) atoms. The zero-order valence-corrected chi connectivity index (χ0v) is 13.3. The molecule has 0 saturated carbocycles. The molecule has 2 heterocycles. The number of nitrogens with one attached hydrogen (secondary N) is 1. The number of rotatable bonds is 3. The van der Waals surface area contributed by atoms with E-state index in [1.54, 1.807) is 7.11 Å². The quantitative estimate of drug-likeness (QED) is 0.794. The number of hydrogen-bond donors (Lipinski definition) is 1. The van der Waals surface area contributed by atoms with Gasteiger partial charge in [0.1, 0.15) is 12.1 Å². The number of benzene rings is 1. The molecular formula is C17H15ClN4O. The van der Waals surface area contributed by atoms with Crippen LogP contribution in [0.15, 0.2) is 42.7 Å². The van der Waals surface area contributed by atoms with E-state index in [1.165, 1.54) is 17.5 Å². The summed E-state index contributed by atoms with van der Waals surface area (Å²) in [6.45, 7) is 0. The number of allylic oxidation sites excluding steroid dienone is 1. The molecule has 2 aromatic heterocycles. The minimum Gasteiger partial charge on any atom is -0.481 e. The number of aromatic nitrogens is 3. The monoisotopic (exact) mass is 326 g/mol. The van der Waals surface area contributed by atoms with Crippen LogP contribution in [0.1, 0.15) is 11.1 Å². The molecule has 1 N–H and O–H groups in total. The Morgan fingerprint density at radius 1 is 1.13 bits per heavy atom. The van der Waals surface area contributed by atoms with E-state index in [0.717, 1.165) is 23.3 Å². The van der Waals surface area contributed by atoms with Gasteiger partial charge in [-0.1, -0.05) is 18.2 Å². The zero-order chi connectivity index (χ0) is 14.9. The molecule has 0 unspecified atom stereocenters. The van der Waals surface area contributed by atoms with Crippen molar-refractivity contribution in [2.75, 3.05) is 12.4 Å². The van der Waals surface area contributed by atoms with Crippen LogP contribution < -0.4 is 10.1 Å². The summed E-state index contributed by atoms with van der Waals surface area (Å²) in [5, 5.41) is 4.21. The lowest BCUT2D eigenvalue weighted by Gasteiger charge is -2.10. The third-order valence-corrected chi connectivity index (χ3v) is 3.72. The number of fused-ring (bicyclic) bond motifs is 2. The van der Waals surface area contributed by atoms with Gasteiger partial charge >= 0.3 is 0 Å². The van der Waals surface area contributed by atoms with Gasteiger partial charge in [-0.3, -0.25) is 0 Å². The van der Waals surface area contributed by atoms with Crippen molar-refractivity contribution < 1.29 is 4.74 Å². The van der Waals surface area contributed by atoms with Gasteiger partial charge in [-0.2, -0.15) is 4.98 Å². The van der Waals surface area contributed by atoms with Crippen LogP contribution in [-0.2, 0) is 6.42 Å². The molecule has 5 nitrogen and oxygen atoms in total. The van der Waals surface area contributed by atoms with Gasteiger partial charge in [0, 0.05) is 11.8 Å². The largest absolute Gasteiger partial charge is 0.481 e. The molecule has 0 saturated heterocycles. The molecule has 0 spiro atoms. The lowest BCUT2D eigenvalue weighted by atomic mass is 10.1. The molecule has 1 aliphatic rings. The van der Waals surface area contributed by atoms with E-state index in [2.05, 4.69) is 50.6 Å². The fourth-order valence-electron chi connectivity index (χ4n) is 2.60. The van der Waals surface area contributed by atoms with Gasteiger partial charge in [0.15, 0.2) is 5.65 Å². The van der Waals surface area contributed by atoms with E-state index in [0.29, 0.717) is 11.5 Å². The highest BCUT2D eigenvalue weighted by molar-refractivity contribution is 5.88. The maximum atomic E-state index is 5.13. The highest BCUT2D eigenvalue weighted by Crippen LogP contribution is 2.27. The van der Waals surface area contributed by atoms with Gasteiger partial charge in [0.25, 0.3) is 0 Å². The van der Waals surface area contributed by atoms with Gasteiger partial charge in [0.05, 0.1) is 12.5 Å². The topological polar surface area (TPSA) is 59.9 Å². The molecule has 0 radical (unpaired) electrons. The zero-order valence-electron chi connectivity index (χ0n) is 12.5. The van der Waals surface area contributed by atoms with Crippen LogP contribution >= 0.6 is 12.4 Å². The normalized spacial score (nSPS) is 11.9. The number of methoxy groups -OCH3 is 1. The number of anilines is 2. The van der Waals surface area contributed by atoms with E-state index in [4.69, 9.17) is 4.74 Å². The Bertz CT molecular complexity index is 895. The van der Waals surface area contributed by atoms with Gasteiger partial charge < -0.3 is 10.1 Å². The SMILES string of the molecule is COc1ccc2c(Nc3ccc4c(c3)C=CC4)ncnc2n1.Cl. The summed E-state index contributed by atoms with van der Waals surface area (Å²) in [6, 6.07) is 10.1. The van der Waals surface area contributed by atoms with Crippen molar-refractivity contribution in [2.45, 2.75) is 6.42 Å². The lowest BCUT2D eigenvalue weighted by Crippen LogP contribution is -1.98. The van der Waals surface area contributed by atoms with Crippen LogP contribution in [0, 0.1) is 0 Å². The van der Waals surface area contributed by atoms with Crippen molar-refractivity contribution in [3.63, 3.8) is 0 Å². The molecular weight excluding hydrogens is 312 g/mol. The minimum absolute atomic E-state index is 0. The summed E-state index contributed by atoms with van der Waals surface area (Å²) in [5.41, 5.74) is 4.21. The number of halogens is 1. The molecule has 1 aromatic carbocycles. The van der Waals surface area contributed by atoms with Gasteiger partial charge in [0.2, 0.25) is 5.88 Å². The Morgan fingerprint density at radius 2 is 2.04 bits per heavy atom. The molecule has 0 aliphatic heterocycles. The molecule has 4 rings (SSSR count). The molecule has 0 atom stereocenters. The van der Waals surface area contributed by atoms with E-state index in [9.17, 15) is 0 Å². The highest BCUT2D eigenvalue weighted by atomic mass is 35.5. The second-order valence-corrected chi connectivity index (χ2v) is 5.09. The van der Waals surface area contributed by atoms with Crippen molar-refractivity contribution in [3.05, 3.63) is 53.9 Å². The van der Waals surface area contributed by atoms with Crippen LogP contribution in [0.25, 0.3) is 17.1 Å². The Labute approximate surface area is 139 Å². The van der Waals surface area contributed by atoms with Crippen molar-refractivity contribution in [1.29, 1.82) is 0 Å². The second-order valence-electron chi connectivity index (χ2n) is 5.09. The average molecular weight is 327 g/mol. The van der Waals surface area contributed by atoms with E-state index in [-0.39, 0.29) is 12.4 Å². The molecule has 0 amide bonds. The number of ether oxygens (including phenoxy) is 1. The van der Waals surface area contributed by atoms with Crippen molar-refractivity contribution >= 4 is 41.0 Å². The first kappa shape index (κ1) is 15.2. The second kappa shape index (κ2) is 6.22. The Morgan fingerprint density at radius 3 is 2.91 bits per heavy atom. The predicted octanol–water partition coefficient (Wildman–Crippen LogP) is 3.77. The van der Waals surface area contributed by atoms with Crippen LogP contribution in [0.2, 0.25) is 0 Å². The van der Waals surface area contributed by atoms with Crippen LogP contribution in [0.4, 0.5) is 11.5 Å². The summed E-state index contributed by atoms with van der Waals surface area (Å²) in [4.78, 5) is 12.9. The molecule has 116 valence electrons. The first-order valence-electron chi connectivity index (χ1n) is 7.06. The average Bonchev–Trinajstić information content (AvgIpc) is 3.02. The first-order valence-corrected chi connectivity index (χ1v) is 7.06. The van der Waals surface area contributed by atoms with E-state index < -0.39 is 0 Å². The molecule has 3 aromatic rings. The summed E-state index contributed by atoms with van der Waals surface area (Å²) in [5.74, 6) is 1.28. The third kappa shape index (κ3) is 2.83. The van der Waals surface area contributed by atoms with E-state index >= 15 is 0 Å².